The van der Waals surface area contributed by atoms with E-state index in [9.17, 15) is 9.59 Å². The van der Waals surface area contributed by atoms with Gasteiger partial charge in [0.2, 0.25) is 5.78 Å². The van der Waals surface area contributed by atoms with Crippen LogP contribution in [-0.2, 0) is 14.3 Å². The number of thioether (sulfide) groups is 1. The van der Waals surface area contributed by atoms with Gasteiger partial charge in [-0.05, 0) is 31.5 Å². The molecule has 0 saturated carbocycles. The number of hydrogen-bond acceptors (Lipinski definition) is 5. The zero-order valence-electron chi connectivity index (χ0n) is 14.9. The Hall–Kier alpha value is -2.40. The van der Waals surface area contributed by atoms with Crippen molar-refractivity contribution in [3.05, 3.63) is 59.7 Å². The van der Waals surface area contributed by atoms with Gasteiger partial charge in [-0.2, -0.15) is 0 Å². The molecule has 0 aliphatic carbocycles. The van der Waals surface area contributed by atoms with E-state index in [1.54, 1.807) is 18.7 Å². The second kappa shape index (κ2) is 8.32. The normalized spacial score (nSPS) is 16.2. The molecule has 1 atom stereocenters. The van der Waals surface area contributed by atoms with Gasteiger partial charge in [-0.25, -0.2) is 4.79 Å². The summed E-state index contributed by atoms with van der Waals surface area (Å²) < 4.78 is 4.82. The number of hydrogen-bond donors (Lipinski definition) is 0. The van der Waals surface area contributed by atoms with Gasteiger partial charge in [0.25, 0.3) is 0 Å². The third-order valence-corrected chi connectivity index (χ3v) is 5.44. The van der Waals surface area contributed by atoms with Crippen molar-refractivity contribution in [1.29, 1.82) is 0 Å². The van der Waals surface area contributed by atoms with E-state index >= 15 is 0 Å². The summed E-state index contributed by atoms with van der Waals surface area (Å²) in [6.45, 7) is 3.95. The predicted octanol–water partition coefficient (Wildman–Crippen LogP) is 4.83. The number of carbonyl (C=O) groups excluding carboxylic acids is 2. The average Bonchev–Trinajstić information content (AvgIpc) is 2.81. The first-order valence-corrected chi connectivity index (χ1v) is 9.53. The molecule has 1 aliphatic heterocycles. The largest absolute Gasteiger partial charge is 0.460 e. The summed E-state index contributed by atoms with van der Waals surface area (Å²) in [7, 11) is 0. The van der Waals surface area contributed by atoms with Crippen LogP contribution >= 0.6 is 11.8 Å². The van der Waals surface area contributed by atoms with Crippen molar-refractivity contribution in [2.75, 3.05) is 6.61 Å². The van der Waals surface area contributed by atoms with E-state index in [4.69, 9.17) is 4.74 Å². The molecule has 0 unspecified atom stereocenters. The molecular formula is C21H21NO3S. The number of rotatable bonds is 5. The van der Waals surface area contributed by atoms with Crippen molar-refractivity contribution in [2.45, 2.75) is 36.8 Å². The SMILES string of the molecule is CCOC(=O)C(=O)CC1=Nc2ccccc2S[C@H](c2cccc(C)c2)C1. The van der Waals surface area contributed by atoms with Crippen LogP contribution in [0.3, 0.4) is 0 Å². The quantitative estimate of drug-likeness (QED) is 0.561. The Morgan fingerprint density at radius 1 is 1.19 bits per heavy atom. The third kappa shape index (κ3) is 4.41. The Labute approximate surface area is 157 Å². The van der Waals surface area contributed by atoms with E-state index in [1.807, 2.05) is 30.3 Å². The fraction of sp³-hybridized carbons (Fsp3) is 0.286. The minimum Gasteiger partial charge on any atom is -0.460 e. The number of benzene rings is 2. The van der Waals surface area contributed by atoms with Crippen LogP contribution in [0.5, 0.6) is 0 Å². The molecule has 26 heavy (non-hydrogen) atoms. The molecule has 4 nitrogen and oxygen atoms in total. The molecule has 3 rings (SSSR count). The lowest BCUT2D eigenvalue weighted by atomic mass is 10.0. The number of aliphatic imine (C=N–C) groups is 1. The first kappa shape index (κ1) is 18.4. The van der Waals surface area contributed by atoms with E-state index in [0.29, 0.717) is 12.1 Å². The van der Waals surface area contributed by atoms with Crippen LogP contribution in [-0.4, -0.2) is 24.1 Å². The van der Waals surface area contributed by atoms with Gasteiger partial charge in [0.1, 0.15) is 0 Å². The van der Waals surface area contributed by atoms with Crippen LogP contribution in [0, 0.1) is 6.92 Å². The lowest BCUT2D eigenvalue weighted by Gasteiger charge is -2.16. The first-order valence-electron chi connectivity index (χ1n) is 8.65. The second-order valence-corrected chi connectivity index (χ2v) is 7.44. The van der Waals surface area contributed by atoms with Crippen molar-refractivity contribution in [1.82, 2.24) is 0 Å². The molecule has 0 amide bonds. The molecule has 0 fully saturated rings. The average molecular weight is 367 g/mol. The van der Waals surface area contributed by atoms with E-state index < -0.39 is 11.8 Å². The van der Waals surface area contributed by atoms with Gasteiger partial charge in [-0.3, -0.25) is 9.79 Å². The Balaban J connectivity index is 1.91. The van der Waals surface area contributed by atoms with Gasteiger partial charge in [0, 0.05) is 22.3 Å². The van der Waals surface area contributed by atoms with Gasteiger partial charge in [-0.15, -0.1) is 11.8 Å². The minimum atomic E-state index is -0.785. The van der Waals surface area contributed by atoms with E-state index in [0.717, 1.165) is 10.6 Å². The summed E-state index contributed by atoms with van der Waals surface area (Å²) in [6.07, 6.45) is 0.615. The number of esters is 1. The van der Waals surface area contributed by atoms with Crippen molar-refractivity contribution < 1.29 is 14.3 Å². The van der Waals surface area contributed by atoms with E-state index in [2.05, 4.69) is 30.1 Å². The molecular weight excluding hydrogens is 346 g/mol. The van der Waals surface area contributed by atoms with Gasteiger partial charge in [0.15, 0.2) is 0 Å². The molecule has 0 N–H and O–H groups in total. The number of ether oxygens (including phenoxy) is 1. The molecule has 0 spiro atoms. The lowest BCUT2D eigenvalue weighted by molar-refractivity contribution is -0.152. The van der Waals surface area contributed by atoms with Crippen LogP contribution in [0.2, 0.25) is 0 Å². The van der Waals surface area contributed by atoms with Crippen LogP contribution < -0.4 is 0 Å². The van der Waals surface area contributed by atoms with Gasteiger partial charge in [0.05, 0.1) is 18.7 Å². The topological polar surface area (TPSA) is 55.7 Å². The first-order chi connectivity index (χ1) is 12.6. The predicted molar refractivity (Wildman–Crippen MR) is 104 cm³/mol. The number of nitrogens with zero attached hydrogens (tertiary/aromatic N) is 1. The summed E-state index contributed by atoms with van der Waals surface area (Å²) in [6, 6.07) is 16.3. The number of ketones is 1. The number of aryl methyl sites for hydroxylation is 1. The highest BCUT2D eigenvalue weighted by Crippen LogP contribution is 2.45. The van der Waals surface area contributed by atoms with Crippen molar-refractivity contribution in [3.63, 3.8) is 0 Å². The zero-order chi connectivity index (χ0) is 18.5. The molecule has 0 radical (unpaired) electrons. The number of Topliss-reactive ketones (excluding diaryl/α,β-unsaturated/α-hetero) is 1. The molecule has 2 aromatic carbocycles. The molecule has 0 saturated heterocycles. The maximum absolute atomic E-state index is 12.2. The molecule has 0 aromatic heterocycles. The van der Waals surface area contributed by atoms with Gasteiger partial charge < -0.3 is 4.74 Å². The van der Waals surface area contributed by atoms with Crippen LogP contribution in [0.15, 0.2) is 58.4 Å². The Bertz CT molecular complexity index is 860. The maximum Gasteiger partial charge on any atom is 0.374 e. The lowest BCUT2D eigenvalue weighted by Crippen LogP contribution is -2.21. The van der Waals surface area contributed by atoms with Crippen LogP contribution in [0.1, 0.15) is 36.1 Å². The fourth-order valence-electron chi connectivity index (χ4n) is 2.91. The third-order valence-electron chi connectivity index (χ3n) is 4.12. The summed E-state index contributed by atoms with van der Waals surface area (Å²) in [5.41, 5.74) is 3.95. The standard InChI is InChI=1S/C21H21NO3S/c1-3-25-21(24)18(23)12-16-13-20(15-8-6-7-14(2)11-15)26-19-10-5-4-9-17(19)22-16/h4-11,20H,3,12-13H2,1-2H3/t20-/m0/s1. The fourth-order valence-corrected chi connectivity index (χ4v) is 4.17. The monoisotopic (exact) mass is 367 g/mol. The number of fused-ring (bicyclic) bond motifs is 1. The maximum atomic E-state index is 12.2. The van der Waals surface area contributed by atoms with E-state index in [-0.39, 0.29) is 18.3 Å². The van der Waals surface area contributed by atoms with Gasteiger partial charge >= 0.3 is 5.97 Å². The molecule has 1 heterocycles. The molecule has 134 valence electrons. The van der Waals surface area contributed by atoms with Crippen molar-refractivity contribution in [3.8, 4) is 0 Å². The highest BCUT2D eigenvalue weighted by Gasteiger charge is 2.25. The highest BCUT2D eigenvalue weighted by molar-refractivity contribution is 7.99. The zero-order valence-corrected chi connectivity index (χ0v) is 15.7. The molecule has 5 heteroatoms. The van der Waals surface area contributed by atoms with Crippen LogP contribution in [0.25, 0.3) is 0 Å². The second-order valence-electron chi connectivity index (χ2n) is 6.19. The highest BCUT2D eigenvalue weighted by atomic mass is 32.2. The minimum absolute atomic E-state index is 0.00393. The van der Waals surface area contributed by atoms with Crippen molar-refractivity contribution >= 4 is 34.9 Å². The number of para-hydroxylation sites is 1. The van der Waals surface area contributed by atoms with E-state index in [1.165, 1.54) is 11.1 Å². The molecule has 2 aromatic rings. The summed E-state index contributed by atoms with van der Waals surface area (Å²) in [5.74, 6) is -1.33. The Morgan fingerprint density at radius 3 is 2.77 bits per heavy atom. The summed E-state index contributed by atoms with van der Waals surface area (Å²) in [5, 5.41) is 0.146. The summed E-state index contributed by atoms with van der Waals surface area (Å²) in [4.78, 5) is 29.6. The summed E-state index contributed by atoms with van der Waals surface area (Å²) >= 11 is 1.75. The van der Waals surface area contributed by atoms with Crippen LogP contribution in [0.4, 0.5) is 5.69 Å². The number of carbonyl (C=O) groups is 2. The van der Waals surface area contributed by atoms with Gasteiger partial charge in [-0.1, -0.05) is 42.0 Å². The molecule has 1 aliphatic rings. The Morgan fingerprint density at radius 2 is 2.00 bits per heavy atom. The van der Waals surface area contributed by atoms with Crippen molar-refractivity contribution in [2.24, 2.45) is 4.99 Å². The smallest absolute Gasteiger partial charge is 0.374 e. The Kier molecular flexibility index (Phi) is 5.89. The molecule has 0 bridgehead atoms.